The third-order valence-electron chi connectivity index (χ3n) is 7.78. The molecular weight excluding hydrogens is 496 g/mol. The molecule has 1 N–H and O–H groups in total. The molecule has 4 rings (SSSR count). The summed E-state index contributed by atoms with van der Waals surface area (Å²) >= 11 is 0. The van der Waals surface area contributed by atoms with Gasteiger partial charge in [0.25, 0.3) is 5.91 Å². The number of benzene rings is 2. The normalized spacial score (nSPS) is 17.5. The zero-order chi connectivity index (χ0) is 27.8. The van der Waals surface area contributed by atoms with Crippen LogP contribution < -0.4 is 14.8 Å². The first kappa shape index (κ1) is 28.6. The molecule has 1 unspecified atom stereocenters. The molecular formula is C31H40N2O6. The number of hydrogen-bond donors (Lipinski definition) is 1. The standard InChI is InChI=1S/C31H40N2O6/c1-4-39-29(34)9-6-12-32-31(36)23-8-5-7-22(16-23)20-33-13-10-21(11-14-33)15-25-17-24-18-27(37-2)28(38-3)19-26(24)30(25)35/h5,7-8,16,18-19,21,25H,4,6,9-15,17,20H2,1-3H3,(H,32,36). The number of carbonyl (C=O) groups excluding carboxylic acids is 3. The SMILES string of the molecule is CCOC(=O)CCCNC(=O)c1cccc(CN2CCC(CC3Cc4cc(OC)c(OC)cc4C3=O)CC2)c1. The average Bonchev–Trinajstić information content (AvgIpc) is 3.25. The van der Waals surface area contributed by atoms with Gasteiger partial charge in [-0.05, 0) is 93.4 Å². The van der Waals surface area contributed by atoms with E-state index in [1.807, 2.05) is 30.3 Å². The molecule has 1 saturated heterocycles. The lowest BCUT2D eigenvalue weighted by Crippen LogP contribution is -2.34. The number of fused-ring (bicyclic) bond motifs is 1. The van der Waals surface area contributed by atoms with Crippen LogP contribution in [-0.2, 0) is 22.5 Å². The summed E-state index contributed by atoms with van der Waals surface area (Å²) < 4.78 is 15.7. The van der Waals surface area contributed by atoms with Crippen molar-refractivity contribution in [3.05, 3.63) is 58.7 Å². The van der Waals surface area contributed by atoms with E-state index in [-0.39, 0.29) is 23.6 Å². The summed E-state index contributed by atoms with van der Waals surface area (Å²) in [6.45, 7) is 5.34. The largest absolute Gasteiger partial charge is 0.493 e. The lowest BCUT2D eigenvalue weighted by molar-refractivity contribution is -0.143. The van der Waals surface area contributed by atoms with Crippen molar-refractivity contribution in [2.45, 2.75) is 52.0 Å². The van der Waals surface area contributed by atoms with Crippen molar-refractivity contribution in [3.8, 4) is 11.5 Å². The van der Waals surface area contributed by atoms with E-state index in [0.29, 0.717) is 49.0 Å². The topological polar surface area (TPSA) is 94.2 Å². The average molecular weight is 537 g/mol. The lowest BCUT2D eigenvalue weighted by atomic mass is 9.85. The maximum Gasteiger partial charge on any atom is 0.305 e. The van der Waals surface area contributed by atoms with Crippen LogP contribution in [0.1, 0.15) is 70.9 Å². The fourth-order valence-electron chi connectivity index (χ4n) is 5.71. The second-order valence-electron chi connectivity index (χ2n) is 10.4. The number of hydrogen-bond acceptors (Lipinski definition) is 7. The third kappa shape index (κ3) is 7.38. The molecule has 8 heteroatoms. The monoisotopic (exact) mass is 536 g/mol. The van der Waals surface area contributed by atoms with E-state index in [1.165, 1.54) is 0 Å². The quantitative estimate of drug-likeness (QED) is 0.317. The summed E-state index contributed by atoms with van der Waals surface area (Å²) in [5.74, 6) is 1.70. The summed E-state index contributed by atoms with van der Waals surface area (Å²) in [6.07, 6.45) is 4.67. The summed E-state index contributed by atoms with van der Waals surface area (Å²) in [5, 5.41) is 2.89. The van der Waals surface area contributed by atoms with Gasteiger partial charge in [0, 0.05) is 36.6 Å². The van der Waals surface area contributed by atoms with Crippen LogP contribution in [0.3, 0.4) is 0 Å². The van der Waals surface area contributed by atoms with Crippen molar-refractivity contribution < 1.29 is 28.6 Å². The number of rotatable bonds is 12. The molecule has 1 atom stereocenters. The van der Waals surface area contributed by atoms with Gasteiger partial charge in [0.15, 0.2) is 17.3 Å². The number of ketones is 1. The number of esters is 1. The molecule has 2 aromatic carbocycles. The Labute approximate surface area is 231 Å². The molecule has 1 aliphatic carbocycles. The minimum atomic E-state index is -0.237. The van der Waals surface area contributed by atoms with Gasteiger partial charge >= 0.3 is 5.97 Å². The molecule has 0 spiro atoms. The van der Waals surface area contributed by atoms with Crippen LogP contribution in [-0.4, -0.2) is 63.0 Å². The summed E-state index contributed by atoms with van der Waals surface area (Å²) in [5.41, 5.74) is 3.57. The number of methoxy groups -OCH3 is 2. The van der Waals surface area contributed by atoms with Gasteiger partial charge in [0.05, 0.1) is 20.8 Å². The number of carbonyl (C=O) groups is 3. The van der Waals surface area contributed by atoms with E-state index in [1.54, 1.807) is 21.1 Å². The zero-order valence-corrected chi connectivity index (χ0v) is 23.3. The molecule has 0 aromatic heterocycles. The second kappa shape index (κ2) is 13.6. The Morgan fingerprint density at radius 3 is 2.51 bits per heavy atom. The van der Waals surface area contributed by atoms with Crippen LogP contribution >= 0.6 is 0 Å². The summed E-state index contributed by atoms with van der Waals surface area (Å²) in [7, 11) is 3.21. The van der Waals surface area contributed by atoms with Gasteiger partial charge in [0.2, 0.25) is 0 Å². The zero-order valence-electron chi connectivity index (χ0n) is 23.3. The molecule has 2 aromatic rings. The molecule has 1 heterocycles. The summed E-state index contributed by atoms with van der Waals surface area (Å²) in [6, 6.07) is 11.5. The molecule has 1 fully saturated rings. The fraction of sp³-hybridized carbons (Fsp3) is 0.516. The van der Waals surface area contributed by atoms with E-state index in [9.17, 15) is 14.4 Å². The Kier molecular flexibility index (Phi) is 9.98. The van der Waals surface area contributed by atoms with Crippen molar-refractivity contribution in [2.24, 2.45) is 11.8 Å². The van der Waals surface area contributed by atoms with Gasteiger partial charge < -0.3 is 19.5 Å². The van der Waals surface area contributed by atoms with Crippen molar-refractivity contribution >= 4 is 17.7 Å². The number of likely N-dealkylation sites (tertiary alicyclic amines) is 1. The fourth-order valence-corrected chi connectivity index (χ4v) is 5.71. The highest BCUT2D eigenvalue weighted by molar-refractivity contribution is 6.03. The first-order chi connectivity index (χ1) is 18.9. The van der Waals surface area contributed by atoms with Crippen LogP contribution in [0.2, 0.25) is 0 Å². The van der Waals surface area contributed by atoms with Gasteiger partial charge in [-0.15, -0.1) is 0 Å². The highest BCUT2D eigenvalue weighted by atomic mass is 16.5. The van der Waals surface area contributed by atoms with Crippen LogP contribution in [0.5, 0.6) is 11.5 Å². The first-order valence-corrected chi connectivity index (χ1v) is 14.0. The molecule has 1 amide bonds. The number of ether oxygens (including phenoxy) is 3. The van der Waals surface area contributed by atoms with Crippen molar-refractivity contribution in [1.82, 2.24) is 10.2 Å². The Bertz CT molecular complexity index is 1170. The lowest BCUT2D eigenvalue weighted by Gasteiger charge is -2.33. The van der Waals surface area contributed by atoms with Crippen LogP contribution in [0.4, 0.5) is 0 Å². The Morgan fingerprint density at radius 2 is 1.79 bits per heavy atom. The Hall–Kier alpha value is -3.39. The molecule has 0 saturated carbocycles. The van der Waals surface area contributed by atoms with Gasteiger partial charge in [-0.1, -0.05) is 12.1 Å². The number of nitrogens with zero attached hydrogens (tertiary/aromatic N) is 1. The van der Waals surface area contributed by atoms with Crippen molar-refractivity contribution in [3.63, 3.8) is 0 Å². The number of amides is 1. The molecule has 210 valence electrons. The minimum absolute atomic E-state index is 0.0286. The molecule has 0 bridgehead atoms. The molecule has 1 aliphatic heterocycles. The maximum atomic E-state index is 13.1. The van der Waals surface area contributed by atoms with Gasteiger partial charge in [-0.25, -0.2) is 0 Å². The first-order valence-electron chi connectivity index (χ1n) is 14.0. The molecule has 2 aliphatic rings. The van der Waals surface area contributed by atoms with E-state index < -0.39 is 0 Å². The van der Waals surface area contributed by atoms with Crippen LogP contribution in [0.15, 0.2) is 36.4 Å². The predicted octanol–water partition coefficient (Wildman–Crippen LogP) is 4.43. The Balaban J connectivity index is 1.22. The highest BCUT2D eigenvalue weighted by Crippen LogP contribution is 2.39. The second-order valence-corrected chi connectivity index (χ2v) is 10.4. The van der Waals surface area contributed by atoms with E-state index in [4.69, 9.17) is 14.2 Å². The third-order valence-corrected chi connectivity index (χ3v) is 7.78. The molecule has 8 nitrogen and oxygen atoms in total. The van der Waals surface area contributed by atoms with Crippen LogP contribution in [0.25, 0.3) is 0 Å². The van der Waals surface area contributed by atoms with E-state index >= 15 is 0 Å². The Morgan fingerprint density at radius 1 is 1.05 bits per heavy atom. The highest BCUT2D eigenvalue weighted by Gasteiger charge is 2.34. The van der Waals surface area contributed by atoms with Crippen molar-refractivity contribution in [1.29, 1.82) is 0 Å². The van der Waals surface area contributed by atoms with Crippen LogP contribution in [0, 0.1) is 11.8 Å². The van der Waals surface area contributed by atoms with Gasteiger partial charge in [0.1, 0.15) is 0 Å². The summed E-state index contributed by atoms with van der Waals surface area (Å²) in [4.78, 5) is 39.5. The number of nitrogens with one attached hydrogen (secondary N) is 1. The molecule has 39 heavy (non-hydrogen) atoms. The minimum Gasteiger partial charge on any atom is -0.493 e. The maximum absolute atomic E-state index is 13.1. The predicted molar refractivity (Wildman–Crippen MR) is 148 cm³/mol. The number of piperidine rings is 1. The molecule has 0 radical (unpaired) electrons. The van der Waals surface area contributed by atoms with Gasteiger partial charge in [-0.2, -0.15) is 0 Å². The van der Waals surface area contributed by atoms with Crippen molar-refractivity contribution in [2.75, 3.05) is 40.5 Å². The smallest absolute Gasteiger partial charge is 0.305 e. The van der Waals surface area contributed by atoms with Gasteiger partial charge in [-0.3, -0.25) is 19.3 Å². The van der Waals surface area contributed by atoms with E-state index in [0.717, 1.165) is 62.0 Å². The number of Topliss-reactive ketones (excluding diaryl/α,β-unsaturated/α-hetero) is 1. The van der Waals surface area contributed by atoms with E-state index in [2.05, 4.69) is 16.3 Å².